The third-order valence-electron chi connectivity index (χ3n) is 4.70. The summed E-state index contributed by atoms with van der Waals surface area (Å²) < 4.78 is 0. The fraction of sp³-hybridized carbons (Fsp3) is 0.292. The van der Waals surface area contributed by atoms with E-state index in [9.17, 15) is 4.79 Å². The molecule has 5 nitrogen and oxygen atoms in total. The second-order valence-corrected chi connectivity index (χ2v) is 7.98. The highest BCUT2D eigenvalue weighted by atomic mass is 16.2. The molecule has 0 saturated heterocycles. The lowest BCUT2D eigenvalue weighted by atomic mass is 10.0. The predicted octanol–water partition coefficient (Wildman–Crippen LogP) is 5.16. The molecule has 2 N–H and O–H groups in total. The van der Waals surface area contributed by atoms with Gasteiger partial charge in [0.2, 0.25) is 0 Å². The first-order valence-electron chi connectivity index (χ1n) is 10.0. The van der Waals surface area contributed by atoms with Gasteiger partial charge in [-0.2, -0.15) is 10.2 Å². The van der Waals surface area contributed by atoms with Gasteiger partial charge in [-0.25, -0.2) is 5.43 Å². The molecule has 0 spiro atoms. The summed E-state index contributed by atoms with van der Waals surface area (Å²) >= 11 is 0. The van der Waals surface area contributed by atoms with E-state index in [2.05, 4.69) is 72.7 Å². The van der Waals surface area contributed by atoms with Crippen LogP contribution >= 0.6 is 0 Å². The van der Waals surface area contributed by atoms with Crippen molar-refractivity contribution in [2.24, 2.45) is 11.0 Å². The average molecular weight is 389 g/mol. The number of hydrogen-bond acceptors (Lipinski definition) is 3. The fourth-order valence-corrected chi connectivity index (χ4v) is 3.06. The van der Waals surface area contributed by atoms with Gasteiger partial charge in [0.05, 0.1) is 11.9 Å². The van der Waals surface area contributed by atoms with E-state index in [0.29, 0.717) is 17.5 Å². The largest absolute Gasteiger partial charge is 0.289 e. The van der Waals surface area contributed by atoms with E-state index in [1.807, 2.05) is 24.3 Å². The van der Waals surface area contributed by atoms with Crippen LogP contribution in [0.2, 0.25) is 0 Å². The number of hydrogen-bond donors (Lipinski definition) is 2. The summed E-state index contributed by atoms with van der Waals surface area (Å²) in [6.07, 6.45) is 2.68. The Kier molecular flexibility index (Phi) is 6.60. The molecule has 0 atom stereocenters. The molecule has 0 aliphatic rings. The summed E-state index contributed by atoms with van der Waals surface area (Å²) in [5.74, 6) is 0.784. The number of carbonyl (C=O) groups is 1. The minimum atomic E-state index is -0.324. The number of hydrazone groups is 1. The van der Waals surface area contributed by atoms with Crippen LogP contribution in [0.5, 0.6) is 0 Å². The van der Waals surface area contributed by atoms with Crippen molar-refractivity contribution in [1.29, 1.82) is 0 Å². The molecule has 5 heteroatoms. The molecule has 0 aliphatic carbocycles. The Morgan fingerprint density at radius 3 is 2.38 bits per heavy atom. The molecule has 0 radical (unpaired) electrons. The number of aromatic amines is 1. The minimum absolute atomic E-state index is 0.324. The maximum atomic E-state index is 12.3. The van der Waals surface area contributed by atoms with Gasteiger partial charge in [-0.15, -0.1) is 0 Å². The zero-order chi connectivity index (χ0) is 20.8. The Morgan fingerprint density at radius 1 is 1.07 bits per heavy atom. The molecule has 3 aromatic rings. The number of benzene rings is 2. The van der Waals surface area contributed by atoms with Crippen molar-refractivity contribution < 1.29 is 4.79 Å². The molecule has 150 valence electrons. The van der Waals surface area contributed by atoms with Gasteiger partial charge >= 0.3 is 0 Å². The first kappa shape index (κ1) is 20.5. The molecule has 29 heavy (non-hydrogen) atoms. The van der Waals surface area contributed by atoms with Crippen molar-refractivity contribution in [2.45, 2.75) is 40.0 Å². The lowest BCUT2D eigenvalue weighted by molar-refractivity contribution is 0.0950. The molecule has 0 fully saturated rings. The van der Waals surface area contributed by atoms with Gasteiger partial charge in [0.15, 0.2) is 0 Å². The van der Waals surface area contributed by atoms with E-state index < -0.39 is 0 Å². The predicted molar refractivity (Wildman–Crippen MR) is 118 cm³/mol. The zero-order valence-electron chi connectivity index (χ0n) is 17.4. The molecule has 3 rings (SSSR count). The molecule has 1 heterocycles. The van der Waals surface area contributed by atoms with Crippen LogP contribution in [0.15, 0.2) is 59.7 Å². The van der Waals surface area contributed by atoms with Crippen molar-refractivity contribution >= 4 is 12.1 Å². The molecule has 1 aromatic heterocycles. The molecule has 0 saturated carbocycles. The van der Waals surface area contributed by atoms with Crippen molar-refractivity contribution in [3.05, 3.63) is 77.0 Å². The number of carbonyl (C=O) groups excluding carboxylic acids is 1. The summed E-state index contributed by atoms with van der Waals surface area (Å²) in [7, 11) is 0. The highest BCUT2D eigenvalue weighted by molar-refractivity contribution is 5.94. The van der Waals surface area contributed by atoms with Crippen molar-refractivity contribution in [2.75, 3.05) is 0 Å². The molecule has 2 aromatic carbocycles. The third kappa shape index (κ3) is 5.64. The summed E-state index contributed by atoms with van der Waals surface area (Å²) in [5.41, 5.74) is 8.13. The number of H-pyrrole nitrogens is 1. The van der Waals surface area contributed by atoms with Crippen LogP contribution in [0.1, 0.15) is 60.8 Å². The van der Waals surface area contributed by atoms with E-state index in [1.165, 1.54) is 11.1 Å². The molecule has 0 unspecified atom stereocenters. The molecular formula is C24H28N4O. The number of aromatic nitrogens is 2. The second-order valence-electron chi connectivity index (χ2n) is 7.98. The van der Waals surface area contributed by atoms with E-state index in [-0.39, 0.29) is 5.91 Å². The summed E-state index contributed by atoms with van der Waals surface area (Å²) in [4.78, 5) is 12.3. The Labute approximate surface area is 172 Å². The normalized spacial score (nSPS) is 11.5. The van der Waals surface area contributed by atoms with E-state index in [1.54, 1.807) is 12.3 Å². The summed E-state index contributed by atoms with van der Waals surface area (Å²) in [6, 6.07) is 18.1. The lowest BCUT2D eigenvalue weighted by Crippen LogP contribution is -2.18. The Balaban J connectivity index is 1.60. The molecule has 0 aliphatic heterocycles. The Morgan fingerprint density at radius 2 is 1.76 bits per heavy atom. The highest BCUT2D eigenvalue weighted by Crippen LogP contribution is 2.19. The van der Waals surface area contributed by atoms with Crippen molar-refractivity contribution in [3.63, 3.8) is 0 Å². The lowest BCUT2D eigenvalue weighted by Gasteiger charge is -2.05. The monoisotopic (exact) mass is 388 g/mol. The molecule has 0 bridgehead atoms. The van der Waals surface area contributed by atoms with E-state index >= 15 is 0 Å². The van der Waals surface area contributed by atoms with Crippen molar-refractivity contribution in [3.8, 4) is 11.3 Å². The number of rotatable bonds is 7. The van der Waals surface area contributed by atoms with Crippen LogP contribution in [0.25, 0.3) is 11.3 Å². The van der Waals surface area contributed by atoms with Crippen LogP contribution in [0, 0.1) is 5.92 Å². The number of nitrogens with one attached hydrogen (secondary N) is 2. The van der Waals surface area contributed by atoms with Gasteiger partial charge in [0.1, 0.15) is 5.69 Å². The minimum Gasteiger partial charge on any atom is -0.272 e. The smallest absolute Gasteiger partial charge is 0.272 e. The first-order valence-corrected chi connectivity index (χ1v) is 10.0. The van der Waals surface area contributed by atoms with E-state index in [4.69, 9.17) is 0 Å². The Bertz CT molecular complexity index is 967. The van der Waals surface area contributed by atoms with Gasteiger partial charge in [-0.05, 0) is 41.0 Å². The number of nitrogens with zero attached hydrogens (tertiary/aromatic N) is 2. The van der Waals surface area contributed by atoms with Crippen LogP contribution in [0.4, 0.5) is 0 Å². The van der Waals surface area contributed by atoms with Crippen LogP contribution in [-0.4, -0.2) is 22.3 Å². The standard InChI is InChI=1S/C24H28N4O/c1-16(2)13-18-5-11-21(12-6-18)22-14-23(27-26-22)24(29)28-25-15-19-7-9-20(10-8-19)17(3)4/h5-12,14-17H,13H2,1-4H3,(H,26,27)(H,28,29). The van der Waals surface area contributed by atoms with Crippen LogP contribution in [-0.2, 0) is 6.42 Å². The van der Waals surface area contributed by atoms with Gasteiger partial charge in [-0.3, -0.25) is 9.89 Å². The van der Waals surface area contributed by atoms with Gasteiger partial charge in [0, 0.05) is 5.56 Å². The van der Waals surface area contributed by atoms with Crippen LogP contribution < -0.4 is 5.43 Å². The average Bonchev–Trinajstić information content (AvgIpc) is 3.19. The number of amides is 1. The highest BCUT2D eigenvalue weighted by Gasteiger charge is 2.10. The SMILES string of the molecule is CC(C)Cc1ccc(-c2cc(C(=O)NN=Cc3ccc(C(C)C)cc3)[nH]n2)cc1. The second kappa shape index (κ2) is 9.32. The van der Waals surface area contributed by atoms with Crippen LogP contribution in [0.3, 0.4) is 0 Å². The molecular weight excluding hydrogens is 360 g/mol. The Hall–Kier alpha value is -3.21. The molecule has 1 amide bonds. The quantitative estimate of drug-likeness (QED) is 0.433. The third-order valence-corrected chi connectivity index (χ3v) is 4.70. The van der Waals surface area contributed by atoms with Gasteiger partial charge in [-0.1, -0.05) is 76.2 Å². The fourth-order valence-electron chi connectivity index (χ4n) is 3.06. The zero-order valence-corrected chi connectivity index (χ0v) is 17.4. The summed E-state index contributed by atoms with van der Waals surface area (Å²) in [6.45, 7) is 8.72. The maximum absolute atomic E-state index is 12.3. The van der Waals surface area contributed by atoms with E-state index in [0.717, 1.165) is 23.2 Å². The van der Waals surface area contributed by atoms with Crippen molar-refractivity contribution in [1.82, 2.24) is 15.6 Å². The topological polar surface area (TPSA) is 70.1 Å². The first-order chi connectivity index (χ1) is 13.9. The maximum Gasteiger partial charge on any atom is 0.289 e. The van der Waals surface area contributed by atoms with Gasteiger partial charge in [0.25, 0.3) is 5.91 Å². The van der Waals surface area contributed by atoms with Gasteiger partial charge < -0.3 is 0 Å². The summed E-state index contributed by atoms with van der Waals surface area (Å²) in [5, 5.41) is 11.1.